The summed E-state index contributed by atoms with van der Waals surface area (Å²) in [6.45, 7) is 4.58. The monoisotopic (exact) mass is 400 g/mol. The number of halogens is 1. The Balaban J connectivity index is 1.43. The van der Waals surface area contributed by atoms with Gasteiger partial charge in [-0.15, -0.1) is 0 Å². The predicted octanol–water partition coefficient (Wildman–Crippen LogP) is 2.35. The standard InChI is InChI=1S/C21H25ClN4O2/c1-14-2-4-15(5-3-14)12-26-9-8-17(13-26)25-20(27)11-24-21(28)18-10-16(22)6-7-19(18)23/h2-7,10,17H,8-9,11-13,23H2,1H3,(H,24,28)(H,25,27)/t17-/m1/s1. The van der Waals surface area contributed by atoms with Gasteiger partial charge in [-0.05, 0) is 37.1 Å². The van der Waals surface area contributed by atoms with Gasteiger partial charge in [0.1, 0.15) is 0 Å². The smallest absolute Gasteiger partial charge is 0.253 e. The molecule has 1 fully saturated rings. The molecular formula is C21H25ClN4O2. The van der Waals surface area contributed by atoms with Crippen LogP contribution in [0.15, 0.2) is 42.5 Å². The van der Waals surface area contributed by atoms with E-state index in [0.29, 0.717) is 10.7 Å². The Bertz CT molecular complexity index is 854. The number of nitrogens with one attached hydrogen (secondary N) is 2. The van der Waals surface area contributed by atoms with Crippen LogP contribution in [-0.4, -0.2) is 42.4 Å². The van der Waals surface area contributed by atoms with Crippen LogP contribution in [0, 0.1) is 6.92 Å². The molecule has 6 nitrogen and oxygen atoms in total. The van der Waals surface area contributed by atoms with Crippen LogP contribution in [0.2, 0.25) is 5.02 Å². The van der Waals surface area contributed by atoms with E-state index in [-0.39, 0.29) is 24.1 Å². The van der Waals surface area contributed by atoms with Crippen molar-refractivity contribution in [3.8, 4) is 0 Å². The van der Waals surface area contributed by atoms with Crippen molar-refractivity contribution in [2.45, 2.75) is 25.9 Å². The van der Waals surface area contributed by atoms with E-state index in [0.717, 1.165) is 26.1 Å². The summed E-state index contributed by atoms with van der Waals surface area (Å²) in [6.07, 6.45) is 0.896. The van der Waals surface area contributed by atoms with Gasteiger partial charge in [0.25, 0.3) is 5.91 Å². The molecule has 3 rings (SSSR count). The van der Waals surface area contributed by atoms with Crippen LogP contribution in [0.5, 0.6) is 0 Å². The molecule has 4 N–H and O–H groups in total. The van der Waals surface area contributed by atoms with Gasteiger partial charge in [-0.1, -0.05) is 41.4 Å². The highest BCUT2D eigenvalue weighted by Gasteiger charge is 2.24. The lowest BCUT2D eigenvalue weighted by molar-refractivity contribution is -0.120. The van der Waals surface area contributed by atoms with Gasteiger partial charge in [-0.3, -0.25) is 14.5 Å². The average molecular weight is 401 g/mol. The zero-order valence-corrected chi connectivity index (χ0v) is 16.6. The summed E-state index contributed by atoms with van der Waals surface area (Å²) in [5.74, 6) is -0.626. The molecule has 1 aliphatic heterocycles. The molecule has 0 bridgehead atoms. The van der Waals surface area contributed by atoms with Crippen LogP contribution in [0.3, 0.4) is 0 Å². The van der Waals surface area contributed by atoms with Crippen molar-refractivity contribution >= 4 is 29.1 Å². The molecule has 1 aliphatic rings. The van der Waals surface area contributed by atoms with Gasteiger partial charge in [-0.25, -0.2) is 0 Å². The van der Waals surface area contributed by atoms with E-state index in [1.54, 1.807) is 12.1 Å². The largest absolute Gasteiger partial charge is 0.398 e. The first-order valence-corrected chi connectivity index (χ1v) is 9.69. The summed E-state index contributed by atoms with van der Waals surface area (Å²) >= 11 is 5.90. The van der Waals surface area contributed by atoms with Crippen molar-refractivity contribution in [1.82, 2.24) is 15.5 Å². The number of carbonyl (C=O) groups is 2. The first-order valence-electron chi connectivity index (χ1n) is 9.31. The molecule has 7 heteroatoms. The summed E-state index contributed by atoms with van der Waals surface area (Å²) in [5, 5.41) is 6.00. The maximum Gasteiger partial charge on any atom is 0.253 e. The van der Waals surface area contributed by atoms with E-state index >= 15 is 0 Å². The lowest BCUT2D eigenvalue weighted by atomic mass is 10.1. The van der Waals surface area contributed by atoms with Crippen molar-refractivity contribution < 1.29 is 9.59 Å². The molecule has 28 heavy (non-hydrogen) atoms. The molecule has 1 heterocycles. The third kappa shape index (κ3) is 5.47. The Labute approximate surface area is 170 Å². The van der Waals surface area contributed by atoms with Crippen LogP contribution >= 0.6 is 11.6 Å². The number of nitrogen functional groups attached to an aromatic ring is 1. The Morgan fingerprint density at radius 3 is 2.71 bits per heavy atom. The van der Waals surface area contributed by atoms with E-state index < -0.39 is 5.91 Å². The predicted molar refractivity (Wildman–Crippen MR) is 111 cm³/mol. The molecule has 0 spiro atoms. The number of hydrogen-bond donors (Lipinski definition) is 3. The fraction of sp³-hybridized carbons (Fsp3) is 0.333. The number of rotatable bonds is 6. The zero-order valence-electron chi connectivity index (χ0n) is 15.9. The molecule has 2 aromatic rings. The fourth-order valence-electron chi connectivity index (χ4n) is 3.31. The van der Waals surface area contributed by atoms with Gasteiger partial charge in [0.05, 0.1) is 12.1 Å². The maximum atomic E-state index is 12.2. The second kappa shape index (κ2) is 9.08. The zero-order chi connectivity index (χ0) is 20.1. The number of likely N-dealkylation sites (tertiary alicyclic amines) is 1. The molecule has 0 unspecified atom stereocenters. The van der Waals surface area contributed by atoms with E-state index in [1.807, 2.05) is 0 Å². The van der Waals surface area contributed by atoms with Crippen molar-refractivity contribution in [3.63, 3.8) is 0 Å². The Morgan fingerprint density at radius 2 is 1.96 bits per heavy atom. The number of benzene rings is 2. The van der Waals surface area contributed by atoms with Crippen molar-refractivity contribution in [2.75, 3.05) is 25.4 Å². The topological polar surface area (TPSA) is 87.5 Å². The second-order valence-electron chi connectivity index (χ2n) is 7.19. The number of hydrogen-bond acceptors (Lipinski definition) is 4. The van der Waals surface area contributed by atoms with Crippen LogP contribution in [0.4, 0.5) is 5.69 Å². The summed E-state index contributed by atoms with van der Waals surface area (Å²) < 4.78 is 0. The molecule has 2 aromatic carbocycles. The first kappa shape index (κ1) is 20.2. The third-order valence-electron chi connectivity index (χ3n) is 4.83. The van der Waals surface area contributed by atoms with Gasteiger partial charge in [0.2, 0.25) is 5.91 Å². The van der Waals surface area contributed by atoms with Crippen molar-refractivity contribution in [2.24, 2.45) is 0 Å². The summed E-state index contributed by atoms with van der Waals surface area (Å²) in [4.78, 5) is 26.7. The molecule has 1 saturated heterocycles. The highest BCUT2D eigenvalue weighted by Crippen LogP contribution is 2.17. The van der Waals surface area contributed by atoms with Crippen molar-refractivity contribution in [3.05, 3.63) is 64.2 Å². The molecule has 1 atom stereocenters. The normalized spacial score (nSPS) is 16.7. The lowest BCUT2D eigenvalue weighted by Gasteiger charge is -2.17. The van der Waals surface area contributed by atoms with E-state index in [4.69, 9.17) is 17.3 Å². The fourth-order valence-corrected chi connectivity index (χ4v) is 3.48. The van der Waals surface area contributed by atoms with Crippen molar-refractivity contribution in [1.29, 1.82) is 0 Å². The van der Waals surface area contributed by atoms with E-state index in [2.05, 4.69) is 46.7 Å². The van der Waals surface area contributed by atoms with Crippen LogP contribution < -0.4 is 16.4 Å². The van der Waals surface area contributed by atoms with E-state index in [1.165, 1.54) is 17.2 Å². The Morgan fingerprint density at radius 1 is 1.21 bits per heavy atom. The summed E-state index contributed by atoms with van der Waals surface area (Å²) in [6, 6.07) is 13.3. The number of nitrogens with zero attached hydrogens (tertiary/aromatic N) is 1. The highest BCUT2D eigenvalue weighted by atomic mass is 35.5. The second-order valence-corrected chi connectivity index (χ2v) is 7.62. The first-order chi connectivity index (χ1) is 13.4. The molecule has 0 saturated carbocycles. The van der Waals surface area contributed by atoms with Gasteiger partial charge >= 0.3 is 0 Å². The SMILES string of the molecule is Cc1ccc(CN2CC[C@@H](NC(=O)CNC(=O)c3cc(Cl)ccc3N)C2)cc1. The van der Waals surface area contributed by atoms with E-state index in [9.17, 15) is 9.59 Å². The van der Waals surface area contributed by atoms with Crippen LogP contribution in [-0.2, 0) is 11.3 Å². The minimum Gasteiger partial charge on any atom is -0.398 e. The molecular weight excluding hydrogens is 376 g/mol. The van der Waals surface area contributed by atoms with Crippen LogP contribution in [0.1, 0.15) is 27.9 Å². The van der Waals surface area contributed by atoms with Gasteiger partial charge in [-0.2, -0.15) is 0 Å². The Kier molecular flexibility index (Phi) is 6.54. The lowest BCUT2D eigenvalue weighted by Crippen LogP contribution is -2.43. The molecule has 2 amide bonds. The number of nitrogens with two attached hydrogens (primary N) is 1. The highest BCUT2D eigenvalue weighted by molar-refractivity contribution is 6.31. The minimum atomic E-state index is -0.414. The van der Waals surface area contributed by atoms with Gasteiger partial charge in [0, 0.05) is 36.4 Å². The van der Waals surface area contributed by atoms with Gasteiger partial charge in [0.15, 0.2) is 0 Å². The number of aryl methyl sites for hydroxylation is 1. The number of anilines is 1. The quantitative estimate of drug-likeness (QED) is 0.649. The summed E-state index contributed by atoms with van der Waals surface area (Å²) in [7, 11) is 0. The average Bonchev–Trinajstić information content (AvgIpc) is 3.10. The molecule has 0 radical (unpaired) electrons. The maximum absolute atomic E-state index is 12.2. The minimum absolute atomic E-state index is 0.0890. The molecule has 148 valence electrons. The third-order valence-corrected chi connectivity index (χ3v) is 5.07. The number of carbonyl (C=O) groups excluding carboxylic acids is 2. The summed E-state index contributed by atoms with van der Waals surface area (Å²) in [5.41, 5.74) is 8.90. The molecule has 0 aromatic heterocycles. The number of amides is 2. The molecule has 0 aliphatic carbocycles. The Hall–Kier alpha value is -2.57. The van der Waals surface area contributed by atoms with Gasteiger partial charge < -0.3 is 16.4 Å². The van der Waals surface area contributed by atoms with Crippen LogP contribution in [0.25, 0.3) is 0 Å².